The fourth-order valence-corrected chi connectivity index (χ4v) is 2.47. The normalized spacial score (nSPS) is 15.2. The molecule has 1 saturated heterocycles. The van der Waals surface area contributed by atoms with Gasteiger partial charge in [0, 0.05) is 30.2 Å². The van der Waals surface area contributed by atoms with Gasteiger partial charge >= 0.3 is 0 Å². The van der Waals surface area contributed by atoms with Gasteiger partial charge in [0.15, 0.2) is 0 Å². The zero-order valence-corrected chi connectivity index (χ0v) is 11.1. The van der Waals surface area contributed by atoms with Crippen LogP contribution in [0.25, 0.3) is 10.9 Å². The lowest BCUT2D eigenvalue weighted by Crippen LogP contribution is -2.42. The number of amides is 1. The van der Waals surface area contributed by atoms with E-state index in [1.807, 2.05) is 33.9 Å². The number of fused-ring (bicyclic) bond motifs is 1. The highest BCUT2D eigenvalue weighted by Gasteiger charge is 2.17. The van der Waals surface area contributed by atoms with E-state index in [9.17, 15) is 4.79 Å². The number of aromatic nitrogens is 1. The van der Waals surface area contributed by atoms with Gasteiger partial charge in [0.1, 0.15) is 6.54 Å². The summed E-state index contributed by atoms with van der Waals surface area (Å²) in [5.74, 6) is 0.107. The van der Waals surface area contributed by atoms with Gasteiger partial charge in [0.05, 0.1) is 24.8 Å². The van der Waals surface area contributed by atoms with Crippen molar-refractivity contribution in [2.24, 2.45) is 0 Å². The van der Waals surface area contributed by atoms with Gasteiger partial charge in [-0.05, 0) is 24.3 Å². The molecule has 1 amide bonds. The van der Waals surface area contributed by atoms with Gasteiger partial charge < -0.3 is 14.2 Å². The van der Waals surface area contributed by atoms with E-state index < -0.39 is 0 Å². The first kappa shape index (κ1) is 12.7. The van der Waals surface area contributed by atoms with Crippen LogP contribution in [0.2, 0.25) is 0 Å². The molecule has 1 fully saturated rings. The lowest BCUT2D eigenvalue weighted by atomic mass is 10.2. The van der Waals surface area contributed by atoms with Crippen LogP contribution in [0, 0.1) is 11.3 Å². The minimum absolute atomic E-state index is 0.107. The van der Waals surface area contributed by atoms with Gasteiger partial charge in [-0.25, -0.2) is 0 Å². The van der Waals surface area contributed by atoms with Crippen molar-refractivity contribution in [2.75, 3.05) is 26.3 Å². The summed E-state index contributed by atoms with van der Waals surface area (Å²) in [6.45, 7) is 2.88. The molecule has 0 bridgehead atoms. The predicted molar refractivity (Wildman–Crippen MR) is 74.1 cm³/mol. The number of benzene rings is 1. The number of ether oxygens (including phenoxy) is 1. The van der Waals surface area contributed by atoms with Gasteiger partial charge in [0.25, 0.3) is 0 Å². The molecule has 0 unspecified atom stereocenters. The summed E-state index contributed by atoms with van der Waals surface area (Å²) in [6.07, 6.45) is 1.89. The molecule has 1 aromatic carbocycles. The van der Waals surface area contributed by atoms with E-state index in [0.29, 0.717) is 38.4 Å². The van der Waals surface area contributed by atoms with Crippen molar-refractivity contribution in [3.63, 3.8) is 0 Å². The van der Waals surface area contributed by atoms with E-state index in [0.717, 1.165) is 10.9 Å². The smallest absolute Gasteiger partial charge is 0.242 e. The van der Waals surface area contributed by atoms with Crippen LogP contribution in [-0.4, -0.2) is 41.7 Å². The van der Waals surface area contributed by atoms with E-state index in [-0.39, 0.29) is 5.91 Å². The first-order valence-electron chi connectivity index (χ1n) is 6.62. The number of rotatable bonds is 2. The quantitative estimate of drug-likeness (QED) is 0.827. The average Bonchev–Trinajstić information content (AvgIpc) is 2.90. The molecule has 0 N–H and O–H groups in total. The Hall–Kier alpha value is -2.32. The van der Waals surface area contributed by atoms with Crippen molar-refractivity contribution < 1.29 is 9.53 Å². The molecule has 102 valence electrons. The number of carbonyl (C=O) groups is 1. The zero-order chi connectivity index (χ0) is 13.9. The maximum absolute atomic E-state index is 12.2. The second-order valence-corrected chi connectivity index (χ2v) is 4.82. The molecule has 0 saturated carbocycles. The van der Waals surface area contributed by atoms with Crippen molar-refractivity contribution >= 4 is 16.8 Å². The van der Waals surface area contributed by atoms with Crippen LogP contribution in [-0.2, 0) is 16.1 Å². The fraction of sp³-hybridized carbons (Fsp3) is 0.333. The van der Waals surface area contributed by atoms with E-state index in [4.69, 9.17) is 10.00 Å². The van der Waals surface area contributed by atoms with Crippen LogP contribution in [0.3, 0.4) is 0 Å². The Balaban J connectivity index is 1.80. The third-order valence-corrected chi connectivity index (χ3v) is 3.57. The summed E-state index contributed by atoms with van der Waals surface area (Å²) >= 11 is 0. The second-order valence-electron chi connectivity index (χ2n) is 4.82. The highest BCUT2D eigenvalue weighted by atomic mass is 16.5. The largest absolute Gasteiger partial charge is 0.378 e. The molecule has 5 heteroatoms. The summed E-state index contributed by atoms with van der Waals surface area (Å²) in [6, 6.07) is 9.56. The molecule has 20 heavy (non-hydrogen) atoms. The molecular weight excluding hydrogens is 254 g/mol. The number of nitriles is 1. The molecule has 5 nitrogen and oxygen atoms in total. The molecule has 3 rings (SSSR count). The molecule has 0 atom stereocenters. The van der Waals surface area contributed by atoms with Gasteiger partial charge in [-0.15, -0.1) is 0 Å². The molecule has 1 aromatic heterocycles. The Morgan fingerprint density at radius 1 is 1.30 bits per heavy atom. The van der Waals surface area contributed by atoms with Crippen molar-refractivity contribution in [1.29, 1.82) is 5.26 Å². The fourth-order valence-electron chi connectivity index (χ4n) is 2.47. The first-order chi connectivity index (χ1) is 9.78. The molecule has 1 aliphatic heterocycles. The minimum Gasteiger partial charge on any atom is -0.378 e. The summed E-state index contributed by atoms with van der Waals surface area (Å²) in [5.41, 5.74) is 1.61. The topological polar surface area (TPSA) is 58.3 Å². The summed E-state index contributed by atoms with van der Waals surface area (Å²) in [4.78, 5) is 14.1. The third-order valence-electron chi connectivity index (χ3n) is 3.57. The van der Waals surface area contributed by atoms with E-state index in [1.165, 1.54) is 0 Å². The number of nitrogens with zero attached hydrogens (tertiary/aromatic N) is 3. The third kappa shape index (κ3) is 2.38. The van der Waals surface area contributed by atoms with Crippen molar-refractivity contribution in [1.82, 2.24) is 9.47 Å². The van der Waals surface area contributed by atoms with Crippen LogP contribution in [0.5, 0.6) is 0 Å². The number of carbonyl (C=O) groups excluding carboxylic acids is 1. The predicted octanol–water partition coefficient (Wildman–Crippen LogP) is 1.37. The van der Waals surface area contributed by atoms with Crippen LogP contribution < -0.4 is 0 Å². The lowest BCUT2D eigenvalue weighted by molar-refractivity contribution is -0.135. The number of hydrogen-bond acceptors (Lipinski definition) is 3. The molecule has 2 aromatic rings. The number of morpholine rings is 1. The van der Waals surface area contributed by atoms with E-state index in [2.05, 4.69) is 6.07 Å². The van der Waals surface area contributed by atoms with Crippen LogP contribution >= 0.6 is 0 Å². The Morgan fingerprint density at radius 2 is 2.10 bits per heavy atom. The Bertz CT molecular complexity index is 678. The van der Waals surface area contributed by atoms with Crippen LogP contribution in [0.4, 0.5) is 0 Å². The lowest BCUT2D eigenvalue weighted by Gasteiger charge is -2.27. The molecule has 0 radical (unpaired) electrons. The Labute approximate surface area is 117 Å². The molecular formula is C15H15N3O2. The van der Waals surface area contributed by atoms with Gasteiger partial charge in [-0.3, -0.25) is 4.79 Å². The van der Waals surface area contributed by atoms with Crippen LogP contribution in [0.1, 0.15) is 5.56 Å². The maximum atomic E-state index is 12.2. The zero-order valence-electron chi connectivity index (χ0n) is 11.1. The minimum atomic E-state index is 0.107. The SMILES string of the molecule is N#Cc1ccc2c(ccn2CC(=O)N2CCOCC2)c1. The highest BCUT2D eigenvalue weighted by Crippen LogP contribution is 2.17. The van der Waals surface area contributed by atoms with Crippen molar-refractivity contribution in [3.8, 4) is 6.07 Å². The Kier molecular flexibility index (Phi) is 3.40. The molecule has 1 aliphatic rings. The van der Waals surface area contributed by atoms with Crippen LogP contribution in [0.15, 0.2) is 30.5 Å². The monoisotopic (exact) mass is 269 g/mol. The Morgan fingerprint density at radius 3 is 2.85 bits per heavy atom. The van der Waals surface area contributed by atoms with Gasteiger partial charge in [-0.2, -0.15) is 5.26 Å². The second kappa shape index (κ2) is 5.35. The summed E-state index contributed by atoms with van der Waals surface area (Å²) in [7, 11) is 0. The standard InChI is InChI=1S/C15H15N3O2/c16-10-12-1-2-14-13(9-12)3-4-18(14)11-15(19)17-5-7-20-8-6-17/h1-4,9H,5-8,11H2. The average molecular weight is 269 g/mol. The molecule has 0 aliphatic carbocycles. The van der Waals surface area contributed by atoms with E-state index in [1.54, 1.807) is 6.07 Å². The van der Waals surface area contributed by atoms with E-state index >= 15 is 0 Å². The van der Waals surface area contributed by atoms with Gasteiger partial charge in [-0.1, -0.05) is 0 Å². The van der Waals surface area contributed by atoms with Crippen molar-refractivity contribution in [3.05, 3.63) is 36.0 Å². The van der Waals surface area contributed by atoms with Crippen molar-refractivity contribution in [2.45, 2.75) is 6.54 Å². The summed E-state index contributed by atoms with van der Waals surface area (Å²) < 4.78 is 7.17. The molecule has 2 heterocycles. The number of hydrogen-bond donors (Lipinski definition) is 0. The molecule has 0 spiro atoms. The first-order valence-corrected chi connectivity index (χ1v) is 6.62. The summed E-state index contributed by atoms with van der Waals surface area (Å²) in [5, 5.41) is 9.88. The highest BCUT2D eigenvalue weighted by molar-refractivity contribution is 5.84. The van der Waals surface area contributed by atoms with Gasteiger partial charge in [0.2, 0.25) is 5.91 Å². The maximum Gasteiger partial charge on any atom is 0.242 e.